The molecule has 0 bridgehead atoms. The van der Waals surface area contributed by atoms with Crippen molar-refractivity contribution in [2.45, 2.75) is 19.5 Å². The van der Waals surface area contributed by atoms with Crippen LogP contribution >= 0.6 is 23.2 Å². The smallest absolute Gasteiger partial charge is 0.282 e. The lowest BCUT2D eigenvalue weighted by Crippen LogP contribution is -3.12. The Hall–Kier alpha value is -1.75. The number of likely N-dealkylation sites (N-methyl/N-ethyl adjacent to an activating group) is 1. The molecule has 0 spiro atoms. The Balaban J connectivity index is 2.05. The predicted octanol–water partition coefficient (Wildman–Crippen LogP) is 3.04. The van der Waals surface area contributed by atoms with Crippen LogP contribution in [0, 0.1) is 0 Å². The van der Waals surface area contributed by atoms with E-state index in [1.165, 1.54) is 0 Å². The van der Waals surface area contributed by atoms with Gasteiger partial charge in [0.2, 0.25) is 0 Å². The first-order valence-electron chi connectivity index (χ1n) is 7.63. The monoisotopic (exact) mass is 367 g/mol. The molecule has 2 aromatic rings. The van der Waals surface area contributed by atoms with Crippen molar-refractivity contribution in [1.29, 1.82) is 0 Å². The van der Waals surface area contributed by atoms with Gasteiger partial charge in [-0.2, -0.15) is 0 Å². The van der Waals surface area contributed by atoms with Gasteiger partial charge in [-0.1, -0.05) is 47.5 Å². The van der Waals surface area contributed by atoms with E-state index < -0.39 is 0 Å². The molecule has 0 aromatic heterocycles. The number of methoxy groups -OCH3 is 1. The summed E-state index contributed by atoms with van der Waals surface area (Å²) in [7, 11) is 3.52. The molecule has 0 aliphatic rings. The summed E-state index contributed by atoms with van der Waals surface area (Å²) in [4.78, 5) is 13.5. The second-order valence-electron chi connectivity index (χ2n) is 5.65. The number of hydrogen-bond acceptors (Lipinski definition) is 2. The van der Waals surface area contributed by atoms with Crippen molar-refractivity contribution < 1.29 is 14.4 Å². The number of anilines is 1. The minimum absolute atomic E-state index is 0.0878. The summed E-state index contributed by atoms with van der Waals surface area (Å²) in [5, 5.41) is 3.97. The molecule has 4 nitrogen and oxygen atoms in total. The maximum atomic E-state index is 12.5. The van der Waals surface area contributed by atoms with Crippen molar-refractivity contribution in [3.63, 3.8) is 0 Å². The van der Waals surface area contributed by atoms with E-state index >= 15 is 0 Å². The van der Waals surface area contributed by atoms with Crippen LogP contribution in [0.15, 0.2) is 42.5 Å². The number of rotatable bonds is 6. The van der Waals surface area contributed by atoms with Crippen molar-refractivity contribution >= 4 is 34.8 Å². The largest absolute Gasteiger partial charge is 0.495 e. The van der Waals surface area contributed by atoms with Gasteiger partial charge in [0, 0.05) is 5.56 Å². The van der Waals surface area contributed by atoms with Crippen molar-refractivity contribution in [2.75, 3.05) is 19.5 Å². The van der Waals surface area contributed by atoms with Crippen molar-refractivity contribution in [3.8, 4) is 5.75 Å². The summed E-state index contributed by atoms with van der Waals surface area (Å²) in [6.45, 7) is 2.47. The molecule has 0 fully saturated rings. The lowest BCUT2D eigenvalue weighted by Gasteiger charge is -2.22. The Morgan fingerprint density at radius 3 is 2.62 bits per heavy atom. The van der Waals surface area contributed by atoms with Gasteiger partial charge in [0.15, 0.2) is 6.04 Å². The summed E-state index contributed by atoms with van der Waals surface area (Å²) in [6, 6.07) is 12.6. The van der Waals surface area contributed by atoms with Gasteiger partial charge in [-0.15, -0.1) is 0 Å². The van der Waals surface area contributed by atoms with Crippen molar-refractivity contribution in [1.82, 2.24) is 0 Å². The van der Waals surface area contributed by atoms with Gasteiger partial charge < -0.3 is 15.0 Å². The molecular formula is C18H21Cl2N2O2+. The van der Waals surface area contributed by atoms with Crippen LogP contribution in [-0.4, -0.2) is 26.1 Å². The van der Waals surface area contributed by atoms with Gasteiger partial charge in [-0.3, -0.25) is 4.79 Å². The van der Waals surface area contributed by atoms with E-state index in [0.717, 1.165) is 10.5 Å². The quantitative estimate of drug-likeness (QED) is 0.823. The van der Waals surface area contributed by atoms with E-state index in [0.29, 0.717) is 28.0 Å². The Labute approximate surface area is 152 Å². The van der Waals surface area contributed by atoms with E-state index in [-0.39, 0.29) is 11.9 Å². The van der Waals surface area contributed by atoms with Crippen LogP contribution in [0.5, 0.6) is 5.75 Å². The number of benzene rings is 2. The summed E-state index contributed by atoms with van der Waals surface area (Å²) >= 11 is 12.3. The number of hydrogen-bond donors (Lipinski definition) is 2. The third-order valence-electron chi connectivity index (χ3n) is 4.00. The molecule has 0 heterocycles. The fraction of sp³-hybridized carbons (Fsp3) is 0.278. The molecule has 2 N–H and O–H groups in total. The van der Waals surface area contributed by atoms with Crippen LogP contribution in [0.3, 0.4) is 0 Å². The van der Waals surface area contributed by atoms with E-state index in [1.54, 1.807) is 13.2 Å². The molecule has 0 saturated carbocycles. The third-order valence-corrected chi connectivity index (χ3v) is 4.86. The normalized spacial score (nSPS) is 13.2. The second-order valence-corrected chi connectivity index (χ2v) is 6.43. The maximum Gasteiger partial charge on any atom is 0.282 e. The van der Waals surface area contributed by atoms with E-state index in [9.17, 15) is 4.79 Å². The Bertz CT molecular complexity index is 722. The molecule has 0 aliphatic carbocycles. The molecule has 2 aromatic carbocycles. The van der Waals surface area contributed by atoms with Crippen LogP contribution < -0.4 is 15.0 Å². The number of para-hydroxylation sites is 2. The van der Waals surface area contributed by atoms with Gasteiger partial charge in [0.05, 0.1) is 29.9 Å². The van der Waals surface area contributed by atoms with Crippen LogP contribution in [0.2, 0.25) is 10.0 Å². The Kier molecular flexibility index (Phi) is 6.49. The SMILES string of the molecule is COc1ccccc1NC(=O)[C@H](C)[NH+](C)Cc1cccc(Cl)c1Cl. The number of ether oxygens (including phenoxy) is 1. The molecule has 1 amide bonds. The summed E-state index contributed by atoms with van der Waals surface area (Å²) in [6.07, 6.45) is 0. The highest BCUT2D eigenvalue weighted by Gasteiger charge is 2.23. The lowest BCUT2D eigenvalue weighted by atomic mass is 10.1. The van der Waals surface area contributed by atoms with E-state index in [4.69, 9.17) is 27.9 Å². The van der Waals surface area contributed by atoms with E-state index in [1.807, 2.05) is 50.4 Å². The zero-order valence-corrected chi connectivity index (χ0v) is 15.4. The number of halogens is 2. The fourth-order valence-corrected chi connectivity index (χ4v) is 2.74. The summed E-state index contributed by atoms with van der Waals surface area (Å²) in [5.41, 5.74) is 1.57. The topological polar surface area (TPSA) is 42.8 Å². The number of nitrogens with one attached hydrogen (secondary N) is 2. The molecule has 0 aliphatic heterocycles. The molecule has 1 unspecified atom stereocenters. The highest BCUT2D eigenvalue weighted by atomic mass is 35.5. The van der Waals surface area contributed by atoms with Crippen LogP contribution in [0.25, 0.3) is 0 Å². The van der Waals surface area contributed by atoms with Gasteiger partial charge >= 0.3 is 0 Å². The zero-order valence-electron chi connectivity index (χ0n) is 13.9. The van der Waals surface area contributed by atoms with Gasteiger partial charge in [-0.05, 0) is 25.1 Å². The number of carbonyl (C=O) groups is 1. The fourth-order valence-electron chi connectivity index (χ4n) is 2.35. The molecular weight excluding hydrogens is 347 g/mol. The van der Waals surface area contributed by atoms with Gasteiger partial charge in [0.1, 0.15) is 12.3 Å². The van der Waals surface area contributed by atoms with E-state index in [2.05, 4.69) is 5.32 Å². The predicted molar refractivity (Wildman–Crippen MR) is 98.1 cm³/mol. The molecule has 0 saturated heterocycles. The molecule has 2 rings (SSSR count). The molecule has 6 heteroatoms. The average Bonchev–Trinajstić information content (AvgIpc) is 2.58. The zero-order chi connectivity index (χ0) is 17.7. The molecule has 0 radical (unpaired) electrons. The van der Waals surface area contributed by atoms with Crippen LogP contribution in [0.1, 0.15) is 12.5 Å². The first-order valence-corrected chi connectivity index (χ1v) is 8.38. The maximum absolute atomic E-state index is 12.5. The first-order chi connectivity index (χ1) is 11.4. The average molecular weight is 368 g/mol. The lowest BCUT2D eigenvalue weighted by molar-refractivity contribution is -0.907. The van der Waals surface area contributed by atoms with Gasteiger partial charge in [-0.25, -0.2) is 0 Å². The van der Waals surface area contributed by atoms with Crippen molar-refractivity contribution in [3.05, 3.63) is 58.1 Å². The molecule has 24 heavy (non-hydrogen) atoms. The Morgan fingerprint density at radius 1 is 1.21 bits per heavy atom. The number of carbonyl (C=O) groups excluding carboxylic acids is 1. The highest BCUT2D eigenvalue weighted by molar-refractivity contribution is 6.42. The minimum atomic E-state index is -0.273. The van der Waals surface area contributed by atoms with Crippen LogP contribution in [0.4, 0.5) is 5.69 Å². The summed E-state index contributed by atoms with van der Waals surface area (Å²) in [5.74, 6) is 0.545. The third kappa shape index (κ3) is 4.41. The van der Waals surface area contributed by atoms with Gasteiger partial charge in [0.25, 0.3) is 5.91 Å². The molecule has 128 valence electrons. The minimum Gasteiger partial charge on any atom is -0.495 e. The van der Waals surface area contributed by atoms with Crippen LogP contribution in [-0.2, 0) is 11.3 Å². The highest BCUT2D eigenvalue weighted by Crippen LogP contribution is 2.25. The van der Waals surface area contributed by atoms with Crippen molar-refractivity contribution in [2.24, 2.45) is 0 Å². The summed E-state index contributed by atoms with van der Waals surface area (Å²) < 4.78 is 5.26. The number of amides is 1. The second kappa shape index (κ2) is 8.38. The number of quaternary nitrogens is 1. The first kappa shape index (κ1) is 18.6. The standard InChI is InChI=1S/C18H20Cl2N2O2/c1-12(18(23)21-15-9-4-5-10-16(15)24-3)22(2)11-13-7-6-8-14(19)17(13)20/h4-10,12H,11H2,1-3H3,(H,21,23)/p+1/t12-/m0/s1. The Morgan fingerprint density at radius 2 is 1.92 bits per heavy atom. The molecule has 2 atom stereocenters.